The Morgan fingerprint density at radius 1 is 1.03 bits per heavy atom. The van der Waals surface area contributed by atoms with Crippen molar-refractivity contribution in [2.24, 2.45) is 0 Å². The van der Waals surface area contributed by atoms with Crippen LogP contribution < -0.4 is 10.6 Å². The lowest BCUT2D eigenvalue weighted by atomic mass is 9.91. The van der Waals surface area contributed by atoms with Gasteiger partial charge in [-0.15, -0.1) is 0 Å². The molecular weight excluding hydrogens is 462 g/mol. The molecule has 1 aromatic carbocycles. The summed E-state index contributed by atoms with van der Waals surface area (Å²) in [4.78, 5) is 42.1. The molecule has 0 aliphatic carbocycles. The van der Waals surface area contributed by atoms with Gasteiger partial charge in [-0.2, -0.15) is 11.8 Å². The van der Waals surface area contributed by atoms with Crippen LogP contribution in [0.3, 0.4) is 0 Å². The van der Waals surface area contributed by atoms with Crippen molar-refractivity contribution in [2.45, 2.75) is 105 Å². The van der Waals surface area contributed by atoms with Gasteiger partial charge in [0.25, 0.3) is 0 Å². The Kier molecular flexibility index (Phi) is 11.1. The summed E-state index contributed by atoms with van der Waals surface area (Å²) in [5.74, 6) is 0.0938. The molecule has 1 rings (SSSR count). The van der Waals surface area contributed by atoms with Crippen LogP contribution in [-0.2, 0) is 14.3 Å². The number of amides is 3. The molecule has 0 spiro atoms. The van der Waals surface area contributed by atoms with E-state index >= 15 is 0 Å². The Morgan fingerprint density at radius 3 is 2.11 bits per heavy atom. The second-order valence-corrected chi connectivity index (χ2v) is 12.3. The summed E-state index contributed by atoms with van der Waals surface area (Å²) in [6.45, 7) is 18.8. The third-order valence-corrected chi connectivity index (χ3v) is 5.87. The summed E-state index contributed by atoms with van der Waals surface area (Å²) >= 11 is 1.59. The maximum Gasteiger partial charge on any atom is 0.408 e. The number of hydrogen-bond donors (Lipinski definition) is 2. The molecular formula is C27H45N3O4S. The summed E-state index contributed by atoms with van der Waals surface area (Å²) in [5.41, 5.74) is 1.29. The normalized spacial score (nSPS) is 13.7. The molecule has 3 amide bonds. The fourth-order valence-electron chi connectivity index (χ4n) is 3.77. The highest BCUT2D eigenvalue weighted by molar-refractivity contribution is 7.98. The van der Waals surface area contributed by atoms with Gasteiger partial charge in [0.15, 0.2) is 0 Å². The van der Waals surface area contributed by atoms with Crippen molar-refractivity contribution in [1.29, 1.82) is 0 Å². The van der Waals surface area contributed by atoms with Gasteiger partial charge in [-0.3, -0.25) is 9.59 Å². The SMILES string of the molecule is CSCCC(NC(=O)OC(C)(C)C)C(=O)N(C(C(=O)NC(C)C)c1cc(C)ccc1C)C(C)(C)C. The number of aryl methyl sites for hydroxylation is 2. The Morgan fingerprint density at radius 2 is 1.63 bits per heavy atom. The number of carbonyl (C=O) groups is 3. The van der Waals surface area contributed by atoms with Gasteiger partial charge in [-0.1, -0.05) is 23.8 Å². The molecule has 2 atom stereocenters. The van der Waals surface area contributed by atoms with Crippen molar-refractivity contribution in [1.82, 2.24) is 15.5 Å². The van der Waals surface area contributed by atoms with E-state index in [1.165, 1.54) is 0 Å². The maximum absolute atomic E-state index is 14.2. The molecule has 0 aliphatic rings. The molecule has 198 valence electrons. The van der Waals surface area contributed by atoms with Crippen molar-refractivity contribution in [2.75, 3.05) is 12.0 Å². The molecule has 0 fully saturated rings. The number of benzene rings is 1. The number of nitrogens with one attached hydrogen (secondary N) is 2. The van der Waals surface area contributed by atoms with Crippen LogP contribution in [0, 0.1) is 13.8 Å². The highest BCUT2D eigenvalue weighted by Gasteiger charge is 2.42. The van der Waals surface area contributed by atoms with E-state index in [1.54, 1.807) is 37.4 Å². The highest BCUT2D eigenvalue weighted by atomic mass is 32.2. The van der Waals surface area contributed by atoms with E-state index in [2.05, 4.69) is 10.6 Å². The summed E-state index contributed by atoms with van der Waals surface area (Å²) in [6, 6.07) is 4.13. The standard InChI is InChI=1S/C27H45N3O4S/c1-17(2)28-23(31)22(20-16-18(3)12-13-19(20)4)30(26(5,6)7)24(32)21(14-15-35-11)29-25(33)34-27(8,9)10/h12-13,16-17,21-22H,14-15H2,1-11H3,(H,28,31)(H,29,33). The molecule has 0 saturated carbocycles. The molecule has 0 saturated heterocycles. The second-order valence-electron chi connectivity index (χ2n) is 11.3. The Labute approximate surface area is 216 Å². The maximum atomic E-state index is 14.2. The van der Waals surface area contributed by atoms with Gasteiger partial charge in [0.1, 0.15) is 17.7 Å². The van der Waals surface area contributed by atoms with Gasteiger partial charge in [-0.25, -0.2) is 4.79 Å². The van der Waals surface area contributed by atoms with Crippen LogP contribution in [0.2, 0.25) is 0 Å². The molecule has 0 heterocycles. The zero-order valence-corrected chi connectivity index (χ0v) is 24.2. The van der Waals surface area contributed by atoms with Crippen molar-refractivity contribution >= 4 is 29.7 Å². The van der Waals surface area contributed by atoms with Crippen molar-refractivity contribution in [3.63, 3.8) is 0 Å². The fraction of sp³-hybridized carbons (Fsp3) is 0.667. The Hall–Kier alpha value is -2.22. The van der Waals surface area contributed by atoms with Crippen LogP contribution in [0.4, 0.5) is 4.79 Å². The number of nitrogens with zero attached hydrogens (tertiary/aromatic N) is 1. The van der Waals surface area contributed by atoms with E-state index in [0.29, 0.717) is 12.2 Å². The topological polar surface area (TPSA) is 87.7 Å². The van der Waals surface area contributed by atoms with Crippen LogP contribution in [-0.4, -0.2) is 58.0 Å². The summed E-state index contributed by atoms with van der Waals surface area (Å²) in [5, 5.41) is 5.78. The molecule has 2 N–H and O–H groups in total. The number of hydrogen-bond acceptors (Lipinski definition) is 5. The highest BCUT2D eigenvalue weighted by Crippen LogP contribution is 2.33. The zero-order valence-electron chi connectivity index (χ0n) is 23.4. The number of rotatable bonds is 9. The number of alkyl carbamates (subject to hydrolysis) is 1. The predicted molar refractivity (Wildman–Crippen MR) is 145 cm³/mol. The Bertz CT molecular complexity index is 887. The van der Waals surface area contributed by atoms with Gasteiger partial charge in [0, 0.05) is 11.6 Å². The molecule has 8 heteroatoms. The van der Waals surface area contributed by atoms with E-state index in [4.69, 9.17) is 4.74 Å². The first-order valence-electron chi connectivity index (χ1n) is 12.2. The third-order valence-electron chi connectivity index (χ3n) is 5.23. The van der Waals surface area contributed by atoms with Crippen LogP contribution in [0.25, 0.3) is 0 Å². The largest absolute Gasteiger partial charge is 0.444 e. The quantitative estimate of drug-likeness (QED) is 0.483. The van der Waals surface area contributed by atoms with E-state index < -0.39 is 29.3 Å². The van der Waals surface area contributed by atoms with Gasteiger partial charge in [0.2, 0.25) is 11.8 Å². The number of thioether (sulfide) groups is 1. The minimum atomic E-state index is -0.859. The van der Waals surface area contributed by atoms with Crippen molar-refractivity contribution in [3.05, 3.63) is 34.9 Å². The number of ether oxygens (including phenoxy) is 1. The van der Waals surface area contributed by atoms with Crippen LogP contribution in [0.1, 0.15) is 84.5 Å². The lowest BCUT2D eigenvalue weighted by molar-refractivity contribution is -0.148. The van der Waals surface area contributed by atoms with Crippen LogP contribution >= 0.6 is 11.8 Å². The molecule has 0 aliphatic heterocycles. The molecule has 1 aromatic rings. The molecule has 2 unspecified atom stereocenters. The van der Waals surface area contributed by atoms with Gasteiger partial charge in [0.05, 0.1) is 0 Å². The predicted octanol–water partition coefficient (Wildman–Crippen LogP) is 5.14. The first-order chi connectivity index (χ1) is 16.0. The van der Waals surface area contributed by atoms with E-state index in [1.807, 2.05) is 72.9 Å². The molecule has 0 radical (unpaired) electrons. The summed E-state index contributed by atoms with van der Waals surface area (Å²) in [6.07, 6.45) is 1.71. The van der Waals surface area contributed by atoms with Gasteiger partial charge < -0.3 is 20.3 Å². The lowest BCUT2D eigenvalue weighted by Gasteiger charge is -2.43. The smallest absolute Gasteiger partial charge is 0.408 e. The monoisotopic (exact) mass is 507 g/mol. The van der Waals surface area contributed by atoms with E-state index in [-0.39, 0.29) is 17.9 Å². The lowest BCUT2D eigenvalue weighted by Crippen LogP contribution is -2.59. The second kappa shape index (κ2) is 12.7. The fourth-order valence-corrected chi connectivity index (χ4v) is 4.24. The first-order valence-corrected chi connectivity index (χ1v) is 13.6. The Balaban J connectivity index is 3.61. The van der Waals surface area contributed by atoms with Gasteiger partial charge >= 0.3 is 6.09 Å². The minimum Gasteiger partial charge on any atom is -0.444 e. The van der Waals surface area contributed by atoms with E-state index in [0.717, 1.165) is 16.7 Å². The van der Waals surface area contributed by atoms with Crippen molar-refractivity contribution in [3.8, 4) is 0 Å². The number of carbonyl (C=O) groups excluding carboxylic acids is 3. The van der Waals surface area contributed by atoms with Crippen molar-refractivity contribution < 1.29 is 19.1 Å². The van der Waals surface area contributed by atoms with Crippen LogP contribution in [0.15, 0.2) is 18.2 Å². The first kappa shape index (κ1) is 30.8. The average molecular weight is 508 g/mol. The zero-order chi connectivity index (χ0) is 27.1. The molecule has 0 aromatic heterocycles. The summed E-state index contributed by atoms with van der Waals surface area (Å²) < 4.78 is 5.44. The summed E-state index contributed by atoms with van der Waals surface area (Å²) in [7, 11) is 0. The molecule has 35 heavy (non-hydrogen) atoms. The van der Waals surface area contributed by atoms with E-state index in [9.17, 15) is 14.4 Å². The van der Waals surface area contributed by atoms with Gasteiger partial charge in [-0.05, 0) is 98.8 Å². The molecule has 7 nitrogen and oxygen atoms in total. The average Bonchev–Trinajstić information content (AvgIpc) is 2.67. The third kappa shape index (κ3) is 9.74. The molecule has 0 bridgehead atoms. The minimum absolute atomic E-state index is 0.0980. The van der Waals surface area contributed by atoms with Crippen LogP contribution in [0.5, 0.6) is 0 Å².